The van der Waals surface area contributed by atoms with Crippen LogP contribution >= 0.6 is 0 Å². The molecular weight excluding hydrogens is 335 g/mol. The minimum Gasteiger partial charge on any atom is -0.352 e. The van der Waals surface area contributed by atoms with Crippen molar-refractivity contribution in [1.29, 1.82) is 0 Å². The number of pyridine rings is 1. The standard InChI is InChI=1S/C18H25FN6O/c1-13(2)11-24-9-7-20-16(24)10-22-18(26)23-14-5-8-25(12-14)17-15(19)4-3-6-21-17/h3-4,6-7,9,13-14H,5,8,10-12H2,1-2H3,(H2,22,23,26). The minimum absolute atomic E-state index is 0.0354. The summed E-state index contributed by atoms with van der Waals surface area (Å²) in [5, 5.41) is 5.79. The molecule has 3 rings (SSSR count). The first kappa shape index (κ1) is 18.2. The van der Waals surface area contributed by atoms with E-state index in [9.17, 15) is 9.18 Å². The monoisotopic (exact) mass is 360 g/mol. The largest absolute Gasteiger partial charge is 0.352 e. The molecule has 0 bridgehead atoms. The van der Waals surface area contributed by atoms with Crippen LogP contribution in [0.5, 0.6) is 0 Å². The molecule has 2 aromatic rings. The molecule has 8 heteroatoms. The zero-order valence-electron chi connectivity index (χ0n) is 15.2. The summed E-state index contributed by atoms with van der Waals surface area (Å²) in [6.45, 7) is 6.73. The van der Waals surface area contributed by atoms with Crippen molar-refractivity contribution >= 4 is 11.8 Å². The Hall–Kier alpha value is -2.64. The summed E-state index contributed by atoms with van der Waals surface area (Å²) in [7, 11) is 0. The molecule has 0 saturated carbocycles. The van der Waals surface area contributed by atoms with Crippen LogP contribution in [0.2, 0.25) is 0 Å². The van der Waals surface area contributed by atoms with Gasteiger partial charge in [-0.15, -0.1) is 0 Å². The number of amides is 2. The zero-order valence-corrected chi connectivity index (χ0v) is 15.2. The maximum atomic E-state index is 13.8. The van der Waals surface area contributed by atoms with Gasteiger partial charge < -0.3 is 20.1 Å². The molecule has 1 aliphatic rings. The van der Waals surface area contributed by atoms with Gasteiger partial charge in [0.05, 0.1) is 6.54 Å². The lowest BCUT2D eigenvalue weighted by Gasteiger charge is -2.18. The zero-order chi connectivity index (χ0) is 18.5. The van der Waals surface area contributed by atoms with Gasteiger partial charge in [0.15, 0.2) is 11.6 Å². The van der Waals surface area contributed by atoms with Crippen molar-refractivity contribution in [2.24, 2.45) is 5.92 Å². The lowest BCUT2D eigenvalue weighted by atomic mass is 10.2. The van der Waals surface area contributed by atoms with E-state index in [1.807, 2.05) is 15.7 Å². The van der Waals surface area contributed by atoms with Crippen LogP contribution in [0.1, 0.15) is 26.1 Å². The van der Waals surface area contributed by atoms with Gasteiger partial charge in [0.25, 0.3) is 0 Å². The molecule has 0 spiro atoms. The number of aromatic nitrogens is 3. The Morgan fingerprint density at radius 3 is 3.00 bits per heavy atom. The Labute approximate surface area is 152 Å². The smallest absolute Gasteiger partial charge is 0.315 e. The number of hydrogen-bond donors (Lipinski definition) is 2. The van der Waals surface area contributed by atoms with Gasteiger partial charge in [-0.1, -0.05) is 13.8 Å². The Morgan fingerprint density at radius 2 is 2.23 bits per heavy atom. The minimum atomic E-state index is -0.338. The summed E-state index contributed by atoms with van der Waals surface area (Å²) in [5.74, 6) is 1.34. The summed E-state index contributed by atoms with van der Waals surface area (Å²) in [6.07, 6.45) is 6.00. The van der Waals surface area contributed by atoms with E-state index in [4.69, 9.17) is 0 Å². The number of carbonyl (C=O) groups excluding carboxylic acids is 1. The molecular formula is C18H25FN6O. The Morgan fingerprint density at radius 1 is 1.38 bits per heavy atom. The SMILES string of the molecule is CC(C)Cn1ccnc1CNC(=O)NC1CCN(c2ncccc2F)C1. The van der Waals surface area contributed by atoms with Crippen molar-refractivity contribution in [3.8, 4) is 0 Å². The molecule has 7 nitrogen and oxygen atoms in total. The van der Waals surface area contributed by atoms with Crippen molar-refractivity contribution in [3.63, 3.8) is 0 Å². The molecule has 1 unspecified atom stereocenters. The van der Waals surface area contributed by atoms with Crippen LogP contribution in [-0.2, 0) is 13.1 Å². The maximum absolute atomic E-state index is 13.8. The van der Waals surface area contributed by atoms with Crippen molar-refractivity contribution in [1.82, 2.24) is 25.2 Å². The lowest BCUT2D eigenvalue weighted by molar-refractivity contribution is 0.237. The molecule has 1 saturated heterocycles. The van der Waals surface area contributed by atoms with Gasteiger partial charge in [0, 0.05) is 44.3 Å². The Balaban J connectivity index is 1.47. The van der Waals surface area contributed by atoms with Gasteiger partial charge in [-0.05, 0) is 24.5 Å². The number of urea groups is 1. The van der Waals surface area contributed by atoms with Gasteiger partial charge in [-0.2, -0.15) is 0 Å². The highest BCUT2D eigenvalue weighted by molar-refractivity contribution is 5.74. The van der Waals surface area contributed by atoms with E-state index < -0.39 is 0 Å². The highest BCUT2D eigenvalue weighted by Gasteiger charge is 2.26. The van der Waals surface area contributed by atoms with Gasteiger partial charge in [-0.3, -0.25) is 0 Å². The summed E-state index contributed by atoms with van der Waals surface area (Å²) in [4.78, 5) is 22.4. The number of anilines is 1. The maximum Gasteiger partial charge on any atom is 0.315 e. The van der Waals surface area contributed by atoms with Crippen molar-refractivity contribution in [2.45, 2.75) is 39.4 Å². The van der Waals surface area contributed by atoms with Crippen LogP contribution in [0.3, 0.4) is 0 Å². The molecule has 2 aromatic heterocycles. The van der Waals surface area contributed by atoms with Gasteiger partial charge >= 0.3 is 6.03 Å². The molecule has 0 aliphatic carbocycles. The third-order valence-electron chi connectivity index (χ3n) is 4.33. The normalized spacial score (nSPS) is 16.9. The predicted octanol–water partition coefficient (Wildman–Crippen LogP) is 2.15. The second-order valence-corrected chi connectivity index (χ2v) is 6.96. The average molecular weight is 360 g/mol. The fraction of sp³-hybridized carbons (Fsp3) is 0.500. The average Bonchev–Trinajstić information content (AvgIpc) is 3.22. The van der Waals surface area contributed by atoms with E-state index in [1.165, 1.54) is 6.07 Å². The van der Waals surface area contributed by atoms with E-state index in [1.54, 1.807) is 18.5 Å². The van der Waals surface area contributed by atoms with E-state index in [-0.39, 0.29) is 17.9 Å². The van der Waals surface area contributed by atoms with Gasteiger partial charge in [0.1, 0.15) is 5.82 Å². The Kier molecular flexibility index (Phi) is 5.70. The molecule has 1 aliphatic heterocycles. The number of nitrogens with zero attached hydrogens (tertiary/aromatic N) is 4. The lowest BCUT2D eigenvalue weighted by Crippen LogP contribution is -2.43. The Bertz CT molecular complexity index is 747. The fourth-order valence-corrected chi connectivity index (χ4v) is 3.14. The van der Waals surface area contributed by atoms with Crippen LogP contribution in [0.15, 0.2) is 30.7 Å². The first-order valence-electron chi connectivity index (χ1n) is 8.92. The number of imidazole rings is 1. The first-order valence-corrected chi connectivity index (χ1v) is 8.92. The molecule has 0 aromatic carbocycles. The molecule has 2 N–H and O–H groups in total. The third-order valence-corrected chi connectivity index (χ3v) is 4.33. The highest BCUT2D eigenvalue weighted by atomic mass is 19.1. The summed E-state index contributed by atoms with van der Waals surface area (Å²) >= 11 is 0. The molecule has 0 radical (unpaired) electrons. The van der Waals surface area contributed by atoms with Gasteiger partial charge in [-0.25, -0.2) is 19.2 Å². The van der Waals surface area contributed by atoms with Crippen LogP contribution in [0.25, 0.3) is 0 Å². The molecule has 2 amide bonds. The molecule has 140 valence electrons. The second kappa shape index (κ2) is 8.16. The number of nitrogens with one attached hydrogen (secondary N) is 2. The van der Waals surface area contributed by atoms with E-state index >= 15 is 0 Å². The van der Waals surface area contributed by atoms with Crippen LogP contribution < -0.4 is 15.5 Å². The predicted molar refractivity (Wildman–Crippen MR) is 97.2 cm³/mol. The molecule has 1 atom stereocenters. The van der Waals surface area contributed by atoms with E-state index in [2.05, 4.69) is 34.4 Å². The second-order valence-electron chi connectivity index (χ2n) is 6.96. The molecule has 26 heavy (non-hydrogen) atoms. The molecule has 1 fully saturated rings. The van der Waals surface area contributed by atoms with Crippen molar-refractivity contribution < 1.29 is 9.18 Å². The fourth-order valence-electron chi connectivity index (χ4n) is 3.14. The highest BCUT2D eigenvalue weighted by Crippen LogP contribution is 2.20. The van der Waals surface area contributed by atoms with Crippen molar-refractivity contribution in [2.75, 3.05) is 18.0 Å². The van der Waals surface area contributed by atoms with E-state index in [0.717, 1.165) is 18.8 Å². The topological polar surface area (TPSA) is 75.1 Å². The molecule has 3 heterocycles. The van der Waals surface area contributed by atoms with Gasteiger partial charge in [0.2, 0.25) is 0 Å². The van der Waals surface area contributed by atoms with Crippen LogP contribution in [-0.4, -0.2) is 39.7 Å². The van der Waals surface area contributed by atoms with E-state index in [0.29, 0.717) is 31.4 Å². The summed E-state index contributed by atoms with van der Waals surface area (Å²) < 4.78 is 15.9. The number of rotatable bonds is 6. The number of carbonyl (C=O) groups is 1. The number of hydrogen-bond acceptors (Lipinski definition) is 4. The summed E-state index contributed by atoms with van der Waals surface area (Å²) in [6, 6.07) is 2.69. The quantitative estimate of drug-likeness (QED) is 0.828. The van der Waals surface area contributed by atoms with Crippen LogP contribution in [0.4, 0.5) is 15.0 Å². The number of halogens is 1. The van der Waals surface area contributed by atoms with Crippen molar-refractivity contribution in [3.05, 3.63) is 42.4 Å². The van der Waals surface area contributed by atoms with Crippen LogP contribution in [0, 0.1) is 11.7 Å². The summed E-state index contributed by atoms with van der Waals surface area (Å²) in [5.41, 5.74) is 0. The first-order chi connectivity index (χ1) is 12.5. The third kappa shape index (κ3) is 4.50.